The summed E-state index contributed by atoms with van der Waals surface area (Å²) in [4.78, 5) is 29.9. The number of nitrogens with two attached hydrogens (primary N) is 1. The number of nitrogen functional groups attached to an aromatic ring is 1. The molecule has 2 heterocycles. The maximum absolute atomic E-state index is 12.6. The highest BCUT2D eigenvalue weighted by molar-refractivity contribution is 7.91. The fourth-order valence-corrected chi connectivity index (χ4v) is 8.20. The van der Waals surface area contributed by atoms with Gasteiger partial charge in [-0.3, -0.25) is 19.4 Å². The van der Waals surface area contributed by atoms with Crippen molar-refractivity contribution < 1.29 is 35.9 Å². The number of nitrogens with one attached hydrogen (secondary N) is 2. The Morgan fingerprint density at radius 3 is 1.69 bits per heavy atom. The number of anilines is 1. The topological polar surface area (TPSA) is 177 Å². The Hall–Kier alpha value is -3.40. The molecule has 2 fully saturated rings. The number of hydrogen-bond acceptors (Lipinski definition) is 11. The molecule has 274 valence electrons. The number of likely N-dealkylation sites (tertiary alicyclic amines) is 2. The van der Waals surface area contributed by atoms with E-state index in [0.717, 1.165) is 51.9 Å². The average Bonchev–Trinajstić information content (AvgIpc) is 3.78. The van der Waals surface area contributed by atoms with Crippen molar-refractivity contribution in [2.45, 2.75) is 75.3 Å². The van der Waals surface area contributed by atoms with Gasteiger partial charge in [0.2, 0.25) is 0 Å². The lowest BCUT2D eigenvalue weighted by Gasteiger charge is -2.23. The van der Waals surface area contributed by atoms with Crippen LogP contribution in [0.5, 0.6) is 11.5 Å². The van der Waals surface area contributed by atoms with E-state index in [1.54, 1.807) is 6.92 Å². The Labute approximate surface area is 291 Å². The van der Waals surface area contributed by atoms with Crippen LogP contribution in [-0.2, 0) is 19.7 Å². The van der Waals surface area contributed by atoms with Crippen LogP contribution in [-0.4, -0.2) is 116 Å². The highest BCUT2D eigenvalue weighted by Gasteiger charge is 2.27. The number of carbonyl (C=O) groups is 2. The fourth-order valence-electron chi connectivity index (χ4n) is 6.27. The average molecular weight is 724 g/mol. The monoisotopic (exact) mass is 723 g/mol. The third kappa shape index (κ3) is 10.1. The summed E-state index contributed by atoms with van der Waals surface area (Å²) in [6.45, 7) is 12.4. The largest absolute Gasteiger partial charge is 0.496 e. The summed E-state index contributed by atoms with van der Waals surface area (Å²) in [5, 5.41) is 5.82. The second kappa shape index (κ2) is 18.0. The first-order valence-corrected chi connectivity index (χ1v) is 20.2. The van der Waals surface area contributed by atoms with Crippen LogP contribution in [0.3, 0.4) is 0 Å². The zero-order valence-electron chi connectivity index (χ0n) is 29.6. The van der Waals surface area contributed by atoms with Crippen LogP contribution in [0.2, 0.25) is 0 Å². The number of methoxy groups -OCH3 is 2. The number of nitrogens with zero attached hydrogens (tertiary/aromatic N) is 2. The zero-order valence-corrected chi connectivity index (χ0v) is 31.2. The Balaban J connectivity index is 0.000000266. The van der Waals surface area contributed by atoms with Crippen LogP contribution in [0, 0.1) is 0 Å². The van der Waals surface area contributed by atoms with Crippen LogP contribution in [0.1, 0.15) is 74.1 Å². The van der Waals surface area contributed by atoms with Gasteiger partial charge < -0.3 is 25.8 Å². The van der Waals surface area contributed by atoms with Crippen molar-refractivity contribution in [2.24, 2.45) is 0 Å². The van der Waals surface area contributed by atoms with E-state index in [9.17, 15) is 26.4 Å². The molecule has 0 aliphatic carbocycles. The number of hydrogen-bond donors (Lipinski definition) is 3. The SMILES string of the molecule is CCN1CCCC1CNC(=O)c1cc(S(=O)(=O)CC)c(N)cc1OC.CCN1CCCC1CNC(=O)c1cc(S(=O)(=O)CC)ccc1OC. The van der Waals surface area contributed by atoms with Crippen LogP contribution in [0.15, 0.2) is 40.1 Å². The van der Waals surface area contributed by atoms with Gasteiger partial charge in [-0.2, -0.15) is 0 Å². The Kier molecular flexibility index (Phi) is 14.7. The maximum atomic E-state index is 12.6. The number of amides is 2. The third-order valence-corrected chi connectivity index (χ3v) is 12.8. The van der Waals surface area contributed by atoms with Crippen LogP contribution in [0.4, 0.5) is 5.69 Å². The van der Waals surface area contributed by atoms with Crippen molar-refractivity contribution in [1.29, 1.82) is 0 Å². The number of sulfone groups is 2. The molecule has 49 heavy (non-hydrogen) atoms. The molecule has 2 aromatic rings. The molecule has 2 unspecified atom stereocenters. The molecule has 13 nitrogen and oxygen atoms in total. The summed E-state index contributed by atoms with van der Waals surface area (Å²) in [7, 11) is -3.99. The van der Waals surface area contributed by atoms with Crippen LogP contribution < -0.4 is 25.8 Å². The normalized spacial score (nSPS) is 18.4. The van der Waals surface area contributed by atoms with E-state index in [2.05, 4.69) is 34.3 Å². The van der Waals surface area contributed by atoms with E-state index in [-0.39, 0.29) is 55.7 Å². The summed E-state index contributed by atoms with van der Waals surface area (Å²) in [5.41, 5.74) is 6.37. The van der Waals surface area contributed by atoms with E-state index < -0.39 is 19.7 Å². The van der Waals surface area contributed by atoms with Gasteiger partial charge in [0.15, 0.2) is 19.7 Å². The quantitative estimate of drug-likeness (QED) is 0.244. The molecule has 2 aliphatic rings. The maximum Gasteiger partial charge on any atom is 0.255 e. The van der Waals surface area contributed by atoms with Gasteiger partial charge in [-0.25, -0.2) is 16.8 Å². The van der Waals surface area contributed by atoms with Gasteiger partial charge in [-0.1, -0.05) is 27.7 Å². The predicted molar refractivity (Wildman–Crippen MR) is 191 cm³/mol. The van der Waals surface area contributed by atoms with E-state index >= 15 is 0 Å². The summed E-state index contributed by atoms with van der Waals surface area (Å²) in [6.07, 6.45) is 4.37. The van der Waals surface area contributed by atoms with Gasteiger partial charge in [0.1, 0.15) is 11.5 Å². The summed E-state index contributed by atoms with van der Waals surface area (Å²) in [6, 6.07) is 7.77. The van der Waals surface area contributed by atoms with Crippen molar-refractivity contribution >= 4 is 37.2 Å². The molecule has 0 bridgehead atoms. The molecule has 2 atom stereocenters. The minimum absolute atomic E-state index is 0.00603. The zero-order chi connectivity index (χ0) is 36.4. The number of benzene rings is 2. The number of carbonyl (C=O) groups excluding carboxylic acids is 2. The fraction of sp³-hybridized carbons (Fsp3) is 0.588. The van der Waals surface area contributed by atoms with Crippen molar-refractivity contribution in [3.63, 3.8) is 0 Å². The summed E-state index contributed by atoms with van der Waals surface area (Å²) >= 11 is 0. The Morgan fingerprint density at radius 1 is 0.755 bits per heavy atom. The molecular formula is C34H53N5O8S2. The molecule has 2 saturated heterocycles. The molecule has 0 saturated carbocycles. The minimum Gasteiger partial charge on any atom is -0.496 e. The first kappa shape index (κ1) is 40.0. The predicted octanol–water partition coefficient (Wildman–Crippen LogP) is 2.99. The van der Waals surface area contributed by atoms with Crippen molar-refractivity contribution in [3.8, 4) is 11.5 Å². The molecule has 0 radical (unpaired) electrons. The first-order valence-electron chi connectivity index (χ1n) is 16.9. The molecule has 2 aromatic carbocycles. The van der Waals surface area contributed by atoms with Gasteiger partial charge >= 0.3 is 0 Å². The third-order valence-electron chi connectivity index (χ3n) is 9.25. The molecule has 0 spiro atoms. The lowest BCUT2D eigenvalue weighted by Crippen LogP contribution is -2.40. The van der Waals surface area contributed by atoms with Gasteiger partial charge in [0, 0.05) is 31.2 Å². The molecule has 15 heteroatoms. The van der Waals surface area contributed by atoms with Gasteiger partial charge in [0.05, 0.1) is 52.3 Å². The van der Waals surface area contributed by atoms with Gasteiger partial charge in [-0.05, 0) is 76.1 Å². The second-order valence-electron chi connectivity index (χ2n) is 12.0. The van der Waals surface area contributed by atoms with Crippen molar-refractivity contribution in [1.82, 2.24) is 20.4 Å². The lowest BCUT2D eigenvalue weighted by atomic mass is 10.1. The van der Waals surface area contributed by atoms with E-state index in [1.165, 1.54) is 51.5 Å². The summed E-state index contributed by atoms with van der Waals surface area (Å²) in [5.74, 6) is -0.105. The molecular weight excluding hydrogens is 671 g/mol. The second-order valence-corrected chi connectivity index (χ2v) is 16.6. The molecule has 4 rings (SSSR count). The van der Waals surface area contributed by atoms with E-state index in [4.69, 9.17) is 15.2 Å². The Bertz CT molecular complexity index is 1670. The highest BCUT2D eigenvalue weighted by atomic mass is 32.2. The first-order chi connectivity index (χ1) is 23.3. The number of likely N-dealkylation sites (N-methyl/N-ethyl adjacent to an activating group) is 2. The molecule has 4 N–H and O–H groups in total. The van der Waals surface area contributed by atoms with E-state index in [1.807, 2.05) is 0 Å². The minimum atomic E-state index is -3.52. The smallest absolute Gasteiger partial charge is 0.255 e. The van der Waals surface area contributed by atoms with Crippen molar-refractivity contribution in [3.05, 3.63) is 41.5 Å². The van der Waals surface area contributed by atoms with Crippen molar-refractivity contribution in [2.75, 3.05) is 70.7 Å². The Morgan fingerprint density at radius 2 is 1.24 bits per heavy atom. The van der Waals surface area contributed by atoms with Gasteiger partial charge in [-0.15, -0.1) is 0 Å². The van der Waals surface area contributed by atoms with Crippen LogP contribution >= 0.6 is 0 Å². The molecule has 2 amide bonds. The van der Waals surface area contributed by atoms with E-state index in [0.29, 0.717) is 30.9 Å². The van der Waals surface area contributed by atoms with Crippen LogP contribution in [0.25, 0.3) is 0 Å². The molecule has 2 aliphatic heterocycles. The number of rotatable bonds is 14. The number of ether oxygens (including phenoxy) is 2. The lowest BCUT2D eigenvalue weighted by molar-refractivity contribution is 0.0930. The highest BCUT2D eigenvalue weighted by Crippen LogP contribution is 2.30. The van der Waals surface area contributed by atoms with Gasteiger partial charge in [0.25, 0.3) is 11.8 Å². The molecule has 0 aromatic heterocycles. The summed E-state index contributed by atoms with van der Waals surface area (Å²) < 4.78 is 58.9. The standard InChI is InChI=1S/C17H27N3O4S.C17H26N2O4S/c1-4-20-8-6-7-12(20)11-19-17(21)13-9-16(25(22,23)5-2)14(18)10-15(13)24-3;1-4-19-10-6-7-13(19)12-18-17(20)15-11-14(24(21,22)5-2)8-9-16(15)23-3/h9-10,12H,4-8,11,18H2,1-3H3,(H,19,21);8-9,11,13H,4-7,10,12H2,1-3H3,(H,18,20).